The van der Waals surface area contributed by atoms with E-state index in [1.165, 1.54) is 37.5 Å². The predicted molar refractivity (Wildman–Crippen MR) is 102 cm³/mol. The van der Waals surface area contributed by atoms with E-state index in [2.05, 4.69) is 12.2 Å². The molecule has 0 aromatic heterocycles. The Hall–Kier alpha value is -3.33. The summed E-state index contributed by atoms with van der Waals surface area (Å²) < 4.78 is 23.9. The van der Waals surface area contributed by atoms with Crippen LogP contribution in [0.3, 0.4) is 0 Å². The molecule has 6 heteroatoms. The fraction of sp³-hybridized carbons (Fsp3) is 0.238. The van der Waals surface area contributed by atoms with Crippen LogP contribution in [0.5, 0.6) is 11.5 Å². The third-order valence-corrected chi connectivity index (χ3v) is 3.72. The first-order chi connectivity index (χ1) is 13.1. The molecule has 0 saturated heterocycles. The number of carbonyl (C=O) groups excluding carboxylic acids is 1. The van der Waals surface area contributed by atoms with Gasteiger partial charge in [0.1, 0.15) is 17.5 Å². The molecular weight excluding hydrogens is 347 g/mol. The van der Waals surface area contributed by atoms with E-state index < -0.39 is 11.7 Å². The van der Waals surface area contributed by atoms with Gasteiger partial charge in [0, 0.05) is 5.69 Å². The van der Waals surface area contributed by atoms with E-state index in [9.17, 15) is 14.4 Å². The second-order valence-corrected chi connectivity index (χ2v) is 5.74. The summed E-state index contributed by atoms with van der Waals surface area (Å²) in [4.78, 5) is 12.3. The Morgan fingerprint density at radius 2 is 1.96 bits per heavy atom. The van der Waals surface area contributed by atoms with E-state index in [-0.39, 0.29) is 5.57 Å². The number of nitriles is 1. The van der Waals surface area contributed by atoms with Crippen molar-refractivity contribution in [3.05, 3.63) is 59.4 Å². The largest absolute Gasteiger partial charge is 0.493 e. The summed E-state index contributed by atoms with van der Waals surface area (Å²) in [5, 5.41) is 11.9. The number of amides is 1. The van der Waals surface area contributed by atoms with Crippen molar-refractivity contribution >= 4 is 17.7 Å². The summed E-state index contributed by atoms with van der Waals surface area (Å²) in [7, 11) is 1.53. The lowest BCUT2D eigenvalue weighted by Crippen LogP contribution is -2.13. The van der Waals surface area contributed by atoms with Crippen molar-refractivity contribution in [2.45, 2.75) is 19.8 Å². The molecule has 27 heavy (non-hydrogen) atoms. The van der Waals surface area contributed by atoms with Gasteiger partial charge in [-0.25, -0.2) is 4.39 Å². The molecule has 5 nitrogen and oxygen atoms in total. The molecule has 2 aromatic carbocycles. The highest BCUT2D eigenvalue weighted by Crippen LogP contribution is 2.29. The number of nitrogens with zero attached hydrogens (tertiary/aromatic N) is 1. The van der Waals surface area contributed by atoms with Gasteiger partial charge >= 0.3 is 0 Å². The molecule has 140 valence electrons. The Bertz CT molecular complexity index is 855. The fourth-order valence-corrected chi connectivity index (χ4v) is 2.27. The predicted octanol–water partition coefficient (Wildman–Crippen LogP) is 4.56. The Balaban J connectivity index is 2.17. The van der Waals surface area contributed by atoms with Crippen molar-refractivity contribution in [3.63, 3.8) is 0 Å². The van der Waals surface area contributed by atoms with Crippen LogP contribution >= 0.6 is 0 Å². The third kappa shape index (κ3) is 5.86. The zero-order valence-corrected chi connectivity index (χ0v) is 15.3. The molecule has 0 unspecified atom stereocenters. The number of unbranched alkanes of at least 4 members (excludes halogenated alkanes) is 1. The van der Waals surface area contributed by atoms with Gasteiger partial charge in [-0.3, -0.25) is 4.79 Å². The second-order valence-electron chi connectivity index (χ2n) is 5.74. The van der Waals surface area contributed by atoms with Crippen LogP contribution in [0.25, 0.3) is 6.08 Å². The molecule has 1 amide bonds. The van der Waals surface area contributed by atoms with Crippen LogP contribution in [0.1, 0.15) is 25.3 Å². The molecule has 0 bridgehead atoms. The standard InChI is InChI=1S/C21H21FN2O3/c1-3-4-11-27-19-10-5-15(13-20(19)26-2)12-16(14-23)21(25)24-18-8-6-17(22)7-9-18/h5-10,12-13H,3-4,11H2,1-2H3,(H,24,25)/b16-12+. The van der Waals surface area contributed by atoms with Crippen molar-refractivity contribution in [1.82, 2.24) is 0 Å². The van der Waals surface area contributed by atoms with Crippen LogP contribution < -0.4 is 14.8 Å². The van der Waals surface area contributed by atoms with Gasteiger partial charge in [-0.05, 0) is 54.5 Å². The Kier molecular flexibility index (Phi) is 7.38. The minimum atomic E-state index is -0.577. The number of rotatable bonds is 8. The molecule has 0 atom stereocenters. The van der Waals surface area contributed by atoms with Crippen molar-refractivity contribution in [1.29, 1.82) is 5.26 Å². The zero-order chi connectivity index (χ0) is 19.6. The molecule has 0 aliphatic carbocycles. The number of anilines is 1. The number of methoxy groups -OCH3 is 1. The molecule has 2 rings (SSSR count). The molecule has 0 aliphatic heterocycles. The topological polar surface area (TPSA) is 71.3 Å². The monoisotopic (exact) mass is 368 g/mol. The van der Waals surface area contributed by atoms with Crippen LogP contribution in [0.15, 0.2) is 48.0 Å². The number of halogens is 1. The lowest BCUT2D eigenvalue weighted by Gasteiger charge is -2.11. The molecule has 0 aliphatic rings. The summed E-state index contributed by atoms with van der Waals surface area (Å²) in [6, 6.07) is 12.4. The van der Waals surface area contributed by atoms with Gasteiger partial charge in [-0.1, -0.05) is 19.4 Å². The first kappa shape index (κ1) is 20.0. The highest BCUT2D eigenvalue weighted by Gasteiger charge is 2.11. The molecule has 0 heterocycles. The first-order valence-corrected chi connectivity index (χ1v) is 8.57. The van der Waals surface area contributed by atoms with Gasteiger partial charge in [0.2, 0.25) is 0 Å². The lowest BCUT2D eigenvalue weighted by atomic mass is 10.1. The lowest BCUT2D eigenvalue weighted by molar-refractivity contribution is -0.112. The van der Waals surface area contributed by atoms with E-state index >= 15 is 0 Å². The summed E-state index contributed by atoms with van der Waals surface area (Å²) in [5.41, 5.74) is 0.946. The minimum absolute atomic E-state index is 0.0824. The molecule has 2 aromatic rings. The smallest absolute Gasteiger partial charge is 0.266 e. The van der Waals surface area contributed by atoms with Gasteiger partial charge in [-0.15, -0.1) is 0 Å². The van der Waals surface area contributed by atoms with Gasteiger partial charge in [-0.2, -0.15) is 5.26 Å². The van der Waals surface area contributed by atoms with E-state index in [1.807, 2.05) is 6.07 Å². The second kappa shape index (κ2) is 9.97. The van der Waals surface area contributed by atoms with Crippen molar-refractivity contribution in [2.75, 3.05) is 19.0 Å². The zero-order valence-electron chi connectivity index (χ0n) is 15.3. The van der Waals surface area contributed by atoms with Crippen molar-refractivity contribution in [2.24, 2.45) is 0 Å². The summed E-state index contributed by atoms with van der Waals surface area (Å²) in [6.45, 7) is 2.67. The number of benzene rings is 2. The van der Waals surface area contributed by atoms with E-state index in [4.69, 9.17) is 9.47 Å². The minimum Gasteiger partial charge on any atom is -0.493 e. The van der Waals surface area contributed by atoms with E-state index in [0.29, 0.717) is 29.4 Å². The Morgan fingerprint density at radius 1 is 1.22 bits per heavy atom. The number of ether oxygens (including phenoxy) is 2. The van der Waals surface area contributed by atoms with Crippen LogP contribution in [-0.4, -0.2) is 19.6 Å². The first-order valence-electron chi connectivity index (χ1n) is 8.57. The molecule has 0 saturated carbocycles. The normalized spacial score (nSPS) is 10.8. The fourth-order valence-electron chi connectivity index (χ4n) is 2.27. The number of hydrogen-bond acceptors (Lipinski definition) is 4. The number of nitrogens with one attached hydrogen (secondary N) is 1. The quantitative estimate of drug-likeness (QED) is 0.421. The maximum atomic E-state index is 12.9. The summed E-state index contributed by atoms with van der Waals surface area (Å²) in [6.07, 6.45) is 3.42. The molecule has 0 spiro atoms. The highest BCUT2D eigenvalue weighted by atomic mass is 19.1. The Morgan fingerprint density at radius 3 is 2.59 bits per heavy atom. The molecule has 1 N–H and O–H groups in total. The average molecular weight is 368 g/mol. The van der Waals surface area contributed by atoms with Crippen molar-refractivity contribution in [3.8, 4) is 17.6 Å². The van der Waals surface area contributed by atoms with Crippen molar-refractivity contribution < 1.29 is 18.7 Å². The Labute approximate surface area is 158 Å². The van der Waals surface area contributed by atoms with E-state index in [0.717, 1.165) is 12.8 Å². The van der Waals surface area contributed by atoms with Gasteiger partial charge < -0.3 is 14.8 Å². The van der Waals surface area contributed by atoms with Gasteiger partial charge in [0.25, 0.3) is 5.91 Å². The van der Waals surface area contributed by atoms with Crippen LogP contribution in [0, 0.1) is 17.1 Å². The van der Waals surface area contributed by atoms with Crippen LogP contribution in [0.4, 0.5) is 10.1 Å². The maximum absolute atomic E-state index is 12.9. The van der Waals surface area contributed by atoms with Crippen LogP contribution in [-0.2, 0) is 4.79 Å². The van der Waals surface area contributed by atoms with E-state index in [1.54, 1.807) is 18.2 Å². The summed E-state index contributed by atoms with van der Waals surface area (Å²) >= 11 is 0. The average Bonchev–Trinajstić information content (AvgIpc) is 2.68. The molecular formula is C21H21FN2O3. The maximum Gasteiger partial charge on any atom is 0.266 e. The summed E-state index contributed by atoms with van der Waals surface area (Å²) in [5.74, 6) is 0.150. The number of carbonyl (C=O) groups is 1. The van der Waals surface area contributed by atoms with Gasteiger partial charge in [0.15, 0.2) is 11.5 Å². The van der Waals surface area contributed by atoms with Crippen LogP contribution in [0.2, 0.25) is 0 Å². The molecule has 0 radical (unpaired) electrons. The molecule has 0 fully saturated rings. The highest BCUT2D eigenvalue weighted by molar-refractivity contribution is 6.09. The van der Waals surface area contributed by atoms with Gasteiger partial charge in [0.05, 0.1) is 13.7 Å². The number of hydrogen-bond donors (Lipinski definition) is 1. The SMILES string of the molecule is CCCCOc1ccc(/C=C(\C#N)C(=O)Nc2ccc(F)cc2)cc1OC. The third-order valence-electron chi connectivity index (χ3n) is 3.72.